The molecule has 4 nitrogen and oxygen atoms in total. The third-order valence-corrected chi connectivity index (χ3v) is 4.18. The molecule has 5 heteroatoms. The molecule has 0 bridgehead atoms. The highest BCUT2D eigenvalue weighted by molar-refractivity contribution is 6.30. The number of carbonyl (C=O) groups is 1. The topological polar surface area (TPSA) is 54.0 Å². The standard InChI is InChI=1S/C17H18ClN3O/c1-11(17(22)21-16-9-7-13(18)10-19-16)20-15-8-6-12-4-2-3-5-14(12)15/h2-5,7,9-11,15,20H,6,8H2,1H3,(H,19,21,22)/t11-,15+/m1/s1. The predicted molar refractivity (Wildman–Crippen MR) is 88.0 cm³/mol. The predicted octanol–water partition coefficient (Wildman–Crippen LogP) is 3.34. The van der Waals surface area contributed by atoms with E-state index in [-0.39, 0.29) is 18.0 Å². The number of hydrogen-bond donors (Lipinski definition) is 2. The summed E-state index contributed by atoms with van der Waals surface area (Å²) in [5, 5.41) is 6.74. The van der Waals surface area contributed by atoms with Gasteiger partial charge in [-0.2, -0.15) is 0 Å². The number of aromatic nitrogens is 1. The summed E-state index contributed by atoms with van der Waals surface area (Å²) in [6, 6.07) is 11.7. The maximum atomic E-state index is 12.3. The van der Waals surface area contributed by atoms with E-state index in [4.69, 9.17) is 11.6 Å². The summed E-state index contributed by atoms with van der Waals surface area (Å²) in [4.78, 5) is 16.3. The number of carbonyl (C=O) groups excluding carboxylic acids is 1. The first kappa shape index (κ1) is 15.0. The summed E-state index contributed by atoms with van der Waals surface area (Å²) < 4.78 is 0. The van der Waals surface area contributed by atoms with Gasteiger partial charge in [0.2, 0.25) is 5.91 Å². The number of anilines is 1. The monoisotopic (exact) mass is 315 g/mol. The minimum Gasteiger partial charge on any atom is -0.309 e. The van der Waals surface area contributed by atoms with E-state index in [1.807, 2.05) is 13.0 Å². The van der Waals surface area contributed by atoms with Crippen LogP contribution in [0.2, 0.25) is 5.02 Å². The van der Waals surface area contributed by atoms with Crippen molar-refractivity contribution in [1.29, 1.82) is 0 Å². The third-order valence-electron chi connectivity index (χ3n) is 3.96. The van der Waals surface area contributed by atoms with Gasteiger partial charge in [0.1, 0.15) is 5.82 Å². The highest BCUT2D eigenvalue weighted by atomic mass is 35.5. The van der Waals surface area contributed by atoms with Crippen molar-refractivity contribution in [2.75, 3.05) is 5.32 Å². The van der Waals surface area contributed by atoms with E-state index in [1.165, 1.54) is 17.3 Å². The number of pyridine rings is 1. The second kappa shape index (κ2) is 6.46. The van der Waals surface area contributed by atoms with Crippen LogP contribution in [-0.4, -0.2) is 16.9 Å². The first-order valence-corrected chi connectivity index (χ1v) is 7.77. The van der Waals surface area contributed by atoms with Gasteiger partial charge < -0.3 is 5.32 Å². The second-order valence-electron chi connectivity index (χ2n) is 5.53. The van der Waals surface area contributed by atoms with E-state index in [1.54, 1.807) is 12.1 Å². The van der Waals surface area contributed by atoms with Gasteiger partial charge in [-0.15, -0.1) is 0 Å². The zero-order chi connectivity index (χ0) is 15.5. The SMILES string of the molecule is C[C@@H](N[C@H]1CCc2ccccc21)C(=O)Nc1ccc(Cl)cn1. The van der Waals surface area contributed by atoms with Crippen LogP contribution in [0.1, 0.15) is 30.5 Å². The van der Waals surface area contributed by atoms with Crippen molar-refractivity contribution in [2.45, 2.75) is 31.8 Å². The van der Waals surface area contributed by atoms with Gasteiger partial charge in [-0.1, -0.05) is 35.9 Å². The van der Waals surface area contributed by atoms with Crippen molar-refractivity contribution in [3.05, 3.63) is 58.7 Å². The van der Waals surface area contributed by atoms with Crippen molar-refractivity contribution in [3.63, 3.8) is 0 Å². The molecule has 2 N–H and O–H groups in total. The van der Waals surface area contributed by atoms with Gasteiger partial charge in [-0.25, -0.2) is 4.98 Å². The summed E-state index contributed by atoms with van der Waals surface area (Å²) >= 11 is 5.78. The highest BCUT2D eigenvalue weighted by Crippen LogP contribution is 2.31. The fourth-order valence-corrected chi connectivity index (χ4v) is 2.90. The van der Waals surface area contributed by atoms with E-state index in [2.05, 4.69) is 33.8 Å². The first-order chi connectivity index (χ1) is 10.6. The molecule has 1 heterocycles. The Labute approximate surface area is 134 Å². The Morgan fingerprint density at radius 3 is 2.91 bits per heavy atom. The summed E-state index contributed by atoms with van der Waals surface area (Å²) in [6.45, 7) is 1.87. The van der Waals surface area contributed by atoms with Gasteiger partial charge in [-0.3, -0.25) is 10.1 Å². The normalized spacial score (nSPS) is 17.8. The second-order valence-corrected chi connectivity index (χ2v) is 5.97. The van der Waals surface area contributed by atoms with Gasteiger partial charge in [-0.05, 0) is 43.0 Å². The van der Waals surface area contributed by atoms with Gasteiger partial charge in [0, 0.05) is 12.2 Å². The molecule has 2 aromatic rings. The lowest BCUT2D eigenvalue weighted by atomic mass is 10.1. The van der Waals surface area contributed by atoms with Crippen molar-refractivity contribution >= 4 is 23.3 Å². The number of benzene rings is 1. The number of halogens is 1. The molecule has 1 aliphatic carbocycles. The molecule has 22 heavy (non-hydrogen) atoms. The Morgan fingerprint density at radius 1 is 1.32 bits per heavy atom. The van der Waals surface area contributed by atoms with Crippen molar-refractivity contribution < 1.29 is 4.79 Å². The third kappa shape index (κ3) is 3.29. The van der Waals surface area contributed by atoms with Crippen LogP contribution in [0.25, 0.3) is 0 Å². The van der Waals surface area contributed by atoms with Crippen LogP contribution in [0.4, 0.5) is 5.82 Å². The van der Waals surface area contributed by atoms with Crippen LogP contribution in [-0.2, 0) is 11.2 Å². The van der Waals surface area contributed by atoms with Gasteiger partial charge >= 0.3 is 0 Å². The molecule has 0 saturated carbocycles. The molecule has 1 aromatic carbocycles. The average Bonchev–Trinajstić information content (AvgIpc) is 2.93. The number of nitrogens with one attached hydrogen (secondary N) is 2. The van der Waals surface area contributed by atoms with E-state index < -0.39 is 0 Å². The van der Waals surface area contributed by atoms with Crippen LogP contribution in [0.5, 0.6) is 0 Å². The van der Waals surface area contributed by atoms with Crippen LogP contribution >= 0.6 is 11.6 Å². The first-order valence-electron chi connectivity index (χ1n) is 7.40. The molecule has 0 fully saturated rings. The zero-order valence-corrected chi connectivity index (χ0v) is 13.1. The lowest BCUT2D eigenvalue weighted by Crippen LogP contribution is -2.39. The molecule has 2 atom stereocenters. The Hall–Kier alpha value is -1.91. The Balaban J connectivity index is 1.61. The molecular weight excluding hydrogens is 298 g/mol. The quantitative estimate of drug-likeness (QED) is 0.910. The molecule has 0 spiro atoms. The molecule has 114 valence electrons. The fraction of sp³-hybridized carbons (Fsp3) is 0.294. The molecular formula is C17H18ClN3O. The summed E-state index contributed by atoms with van der Waals surface area (Å²) in [5.74, 6) is 0.411. The maximum Gasteiger partial charge on any atom is 0.242 e. The molecule has 3 rings (SSSR count). The van der Waals surface area contributed by atoms with Crippen LogP contribution < -0.4 is 10.6 Å². The lowest BCUT2D eigenvalue weighted by molar-refractivity contribution is -0.118. The molecule has 0 radical (unpaired) electrons. The summed E-state index contributed by atoms with van der Waals surface area (Å²) in [5.41, 5.74) is 2.67. The molecule has 1 amide bonds. The van der Waals surface area contributed by atoms with Gasteiger partial charge in [0.15, 0.2) is 0 Å². The largest absolute Gasteiger partial charge is 0.309 e. The molecule has 1 aromatic heterocycles. The summed E-state index contributed by atoms with van der Waals surface area (Å²) in [7, 11) is 0. The van der Waals surface area contributed by atoms with E-state index in [0.29, 0.717) is 10.8 Å². The van der Waals surface area contributed by atoms with Crippen LogP contribution in [0.15, 0.2) is 42.6 Å². The highest BCUT2D eigenvalue weighted by Gasteiger charge is 2.25. The van der Waals surface area contributed by atoms with E-state index >= 15 is 0 Å². The zero-order valence-electron chi connectivity index (χ0n) is 12.3. The van der Waals surface area contributed by atoms with Crippen molar-refractivity contribution in [2.24, 2.45) is 0 Å². The Kier molecular flexibility index (Phi) is 4.41. The van der Waals surface area contributed by atoms with E-state index in [0.717, 1.165) is 12.8 Å². The van der Waals surface area contributed by atoms with Gasteiger partial charge in [0.05, 0.1) is 11.1 Å². The lowest BCUT2D eigenvalue weighted by Gasteiger charge is -2.19. The fourth-order valence-electron chi connectivity index (χ4n) is 2.79. The number of hydrogen-bond acceptors (Lipinski definition) is 3. The Bertz CT molecular complexity index is 672. The maximum absolute atomic E-state index is 12.3. The van der Waals surface area contributed by atoms with Crippen molar-refractivity contribution in [1.82, 2.24) is 10.3 Å². The number of nitrogens with zero attached hydrogens (tertiary/aromatic N) is 1. The summed E-state index contributed by atoms with van der Waals surface area (Å²) in [6.07, 6.45) is 3.60. The van der Waals surface area contributed by atoms with Crippen LogP contribution in [0.3, 0.4) is 0 Å². The Morgan fingerprint density at radius 2 is 2.14 bits per heavy atom. The number of amides is 1. The number of rotatable bonds is 4. The average molecular weight is 316 g/mol. The number of aryl methyl sites for hydroxylation is 1. The van der Waals surface area contributed by atoms with E-state index in [9.17, 15) is 4.79 Å². The minimum absolute atomic E-state index is 0.0980. The molecule has 1 aliphatic rings. The van der Waals surface area contributed by atoms with Gasteiger partial charge in [0.25, 0.3) is 0 Å². The molecule has 0 unspecified atom stereocenters. The number of fused-ring (bicyclic) bond motifs is 1. The molecule has 0 saturated heterocycles. The van der Waals surface area contributed by atoms with Crippen LogP contribution in [0, 0.1) is 0 Å². The minimum atomic E-state index is -0.298. The molecule has 0 aliphatic heterocycles. The van der Waals surface area contributed by atoms with Crippen molar-refractivity contribution in [3.8, 4) is 0 Å². The smallest absolute Gasteiger partial charge is 0.242 e.